The van der Waals surface area contributed by atoms with Gasteiger partial charge in [0, 0.05) is 18.7 Å². The average molecular weight is 227 g/mol. The van der Waals surface area contributed by atoms with E-state index in [1.54, 1.807) is 12.1 Å². The van der Waals surface area contributed by atoms with Crippen LogP contribution >= 0.6 is 0 Å². The van der Waals surface area contributed by atoms with Crippen LogP contribution in [0.4, 0.5) is 14.5 Å². The Bertz CT molecular complexity index is 420. The maximum Gasteiger partial charge on any atom is 0.335 e. The van der Waals surface area contributed by atoms with Gasteiger partial charge in [0.05, 0.1) is 12.1 Å². The molecule has 0 radical (unpaired) electrons. The molecular weight excluding hydrogens is 216 g/mol. The van der Waals surface area contributed by atoms with Crippen molar-refractivity contribution in [3.05, 3.63) is 29.8 Å². The minimum absolute atomic E-state index is 0.118. The summed E-state index contributed by atoms with van der Waals surface area (Å²) < 4.78 is 26.0. The van der Waals surface area contributed by atoms with E-state index in [1.807, 2.05) is 0 Å². The molecule has 0 spiro atoms. The fourth-order valence-electron chi connectivity index (χ4n) is 1.79. The highest BCUT2D eigenvalue weighted by Gasteiger charge is 2.38. The first-order chi connectivity index (χ1) is 7.48. The molecule has 16 heavy (non-hydrogen) atoms. The summed E-state index contributed by atoms with van der Waals surface area (Å²) in [6.07, 6.45) is -0.176. The number of aromatic carboxylic acids is 1. The van der Waals surface area contributed by atoms with Gasteiger partial charge in [0.2, 0.25) is 0 Å². The number of carboxylic acid groups (broad SMARTS) is 1. The maximum atomic E-state index is 13.0. The zero-order chi connectivity index (χ0) is 11.8. The molecule has 0 aromatic heterocycles. The number of hydrogen-bond donors (Lipinski definition) is 1. The molecule has 1 aliphatic heterocycles. The molecule has 5 heteroatoms. The zero-order valence-electron chi connectivity index (χ0n) is 8.49. The number of anilines is 1. The van der Waals surface area contributed by atoms with Crippen LogP contribution in [0.1, 0.15) is 16.8 Å². The van der Waals surface area contributed by atoms with Crippen molar-refractivity contribution in [3.63, 3.8) is 0 Å². The summed E-state index contributed by atoms with van der Waals surface area (Å²) in [6, 6.07) is 6.08. The summed E-state index contributed by atoms with van der Waals surface area (Å²) >= 11 is 0. The Kier molecular flexibility index (Phi) is 2.53. The van der Waals surface area contributed by atoms with Crippen LogP contribution in [-0.2, 0) is 0 Å². The fraction of sp³-hybridized carbons (Fsp3) is 0.364. The number of nitrogens with zero attached hydrogens (tertiary/aromatic N) is 1. The van der Waals surface area contributed by atoms with Crippen LogP contribution in [0, 0.1) is 0 Å². The molecule has 0 saturated carbocycles. The van der Waals surface area contributed by atoms with Gasteiger partial charge in [0.1, 0.15) is 0 Å². The van der Waals surface area contributed by atoms with Gasteiger partial charge in [0.15, 0.2) is 0 Å². The summed E-state index contributed by atoms with van der Waals surface area (Å²) in [6.45, 7) is -0.0772. The van der Waals surface area contributed by atoms with E-state index in [0.29, 0.717) is 5.69 Å². The van der Waals surface area contributed by atoms with Crippen molar-refractivity contribution in [2.24, 2.45) is 0 Å². The standard InChI is InChI=1S/C11H11F2NO2/c12-11(13)4-5-14(7-11)9-3-1-2-8(6-9)10(15)16/h1-3,6H,4-5,7H2,(H,15,16). The number of halogens is 2. The molecular formula is C11H11F2NO2. The first-order valence-electron chi connectivity index (χ1n) is 4.94. The molecule has 1 fully saturated rings. The van der Waals surface area contributed by atoms with Crippen molar-refractivity contribution in [1.82, 2.24) is 0 Å². The highest BCUT2D eigenvalue weighted by molar-refractivity contribution is 5.88. The lowest BCUT2D eigenvalue weighted by molar-refractivity contribution is 0.0257. The summed E-state index contributed by atoms with van der Waals surface area (Å²) in [5, 5.41) is 8.79. The van der Waals surface area contributed by atoms with Gasteiger partial charge in [-0.25, -0.2) is 13.6 Å². The van der Waals surface area contributed by atoms with E-state index in [0.717, 1.165) is 0 Å². The van der Waals surface area contributed by atoms with Crippen LogP contribution in [-0.4, -0.2) is 30.1 Å². The average Bonchev–Trinajstić information content (AvgIpc) is 2.59. The Hall–Kier alpha value is -1.65. The highest BCUT2D eigenvalue weighted by Crippen LogP contribution is 2.30. The van der Waals surface area contributed by atoms with Crippen LogP contribution in [0.3, 0.4) is 0 Å². The van der Waals surface area contributed by atoms with Crippen molar-refractivity contribution >= 4 is 11.7 Å². The third kappa shape index (κ3) is 2.13. The van der Waals surface area contributed by atoms with Gasteiger partial charge in [-0.1, -0.05) is 6.07 Å². The van der Waals surface area contributed by atoms with Crippen molar-refractivity contribution < 1.29 is 18.7 Å². The lowest BCUT2D eigenvalue weighted by Crippen LogP contribution is -2.24. The van der Waals surface area contributed by atoms with Crippen molar-refractivity contribution in [3.8, 4) is 0 Å². The molecule has 1 aromatic rings. The van der Waals surface area contributed by atoms with Gasteiger partial charge >= 0.3 is 5.97 Å². The quantitative estimate of drug-likeness (QED) is 0.842. The van der Waals surface area contributed by atoms with Gasteiger partial charge in [-0.2, -0.15) is 0 Å². The number of carbonyl (C=O) groups is 1. The number of rotatable bonds is 2. The smallest absolute Gasteiger partial charge is 0.335 e. The predicted molar refractivity (Wildman–Crippen MR) is 55.2 cm³/mol. The monoisotopic (exact) mass is 227 g/mol. The predicted octanol–water partition coefficient (Wildman–Crippen LogP) is 2.23. The second-order valence-corrected chi connectivity index (χ2v) is 3.88. The summed E-state index contributed by atoms with van der Waals surface area (Å²) in [5.74, 6) is -3.72. The molecule has 1 aromatic carbocycles. The third-order valence-electron chi connectivity index (χ3n) is 2.63. The van der Waals surface area contributed by atoms with Gasteiger partial charge in [0.25, 0.3) is 5.92 Å². The summed E-state index contributed by atoms with van der Waals surface area (Å²) in [4.78, 5) is 12.2. The molecule has 2 rings (SSSR count). The first kappa shape index (κ1) is 10.9. The molecule has 1 N–H and O–H groups in total. The Balaban J connectivity index is 2.22. The molecule has 0 aliphatic carbocycles. The summed E-state index contributed by atoms with van der Waals surface area (Å²) in [5.41, 5.74) is 0.657. The van der Waals surface area contributed by atoms with E-state index in [4.69, 9.17) is 5.11 Å². The zero-order valence-corrected chi connectivity index (χ0v) is 8.49. The number of hydrogen-bond acceptors (Lipinski definition) is 2. The molecule has 1 aliphatic rings. The van der Waals surface area contributed by atoms with Crippen molar-refractivity contribution in [1.29, 1.82) is 0 Å². The molecule has 0 atom stereocenters. The maximum absolute atomic E-state index is 13.0. The molecule has 0 unspecified atom stereocenters. The van der Waals surface area contributed by atoms with E-state index in [2.05, 4.69) is 0 Å². The third-order valence-corrected chi connectivity index (χ3v) is 2.63. The second kappa shape index (κ2) is 3.73. The SMILES string of the molecule is O=C(O)c1cccc(N2CCC(F)(F)C2)c1. The van der Waals surface area contributed by atoms with Gasteiger partial charge in [-0.15, -0.1) is 0 Å². The minimum atomic E-state index is -2.67. The van der Waals surface area contributed by atoms with Crippen LogP contribution in [0.5, 0.6) is 0 Å². The van der Waals surface area contributed by atoms with Crippen molar-refractivity contribution in [2.45, 2.75) is 12.3 Å². The fourth-order valence-corrected chi connectivity index (χ4v) is 1.79. The van der Waals surface area contributed by atoms with Crippen LogP contribution in [0.2, 0.25) is 0 Å². The molecule has 0 amide bonds. The largest absolute Gasteiger partial charge is 0.478 e. The second-order valence-electron chi connectivity index (χ2n) is 3.88. The van der Waals surface area contributed by atoms with E-state index in [9.17, 15) is 13.6 Å². The number of alkyl halides is 2. The Morgan fingerprint density at radius 3 is 2.75 bits per heavy atom. The number of carboxylic acids is 1. The summed E-state index contributed by atoms with van der Waals surface area (Å²) in [7, 11) is 0. The minimum Gasteiger partial charge on any atom is -0.478 e. The van der Waals surface area contributed by atoms with Crippen molar-refractivity contribution in [2.75, 3.05) is 18.0 Å². The Morgan fingerprint density at radius 1 is 1.44 bits per heavy atom. The van der Waals surface area contributed by atoms with Gasteiger partial charge in [-0.05, 0) is 18.2 Å². The van der Waals surface area contributed by atoms with Gasteiger partial charge in [-0.3, -0.25) is 0 Å². The Morgan fingerprint density at radius 2 is 2.19 bits per heavy atom. The topological polar surface area (TPSA) is 40.5 Å². The van der Waals surface area contributed by atoms with E-state index < -0.39 is 11.9 Å². The molecule has 3 nitrogen and oxygen atoms in total. The Labute approximate surface area is 91.3 Å². The lowest BCUT2D eigenvalue weighted by atomic mass is 10.2. The van der Waals surface area contributed by atoms with Crippen LogP contribution in [0.15, 0.2) is 24.3 Å². The van der Waals surface area contributed by atoms with Crippen LogP contribution in [0.25, 0.3) is 0 Å². The van der Waals surface area contributed by atoms with E-state index in [-0.39, 0.29) is 25.1 Å². The van der Waals surface area contributed by atoms with E-state index >= 15 is 0 Å². The first-order valence-corrected chi connectivity index (χ1v) is 4.94. The normalized spacial score (nSPS) is 18.8. The number of benzene rings is 1. The van der Waals surface area contributed by atoms with Crippen LogP contribution < -0.4 is 4.90 Å². The molecule has 1 heterocycles. The van der Waals surface area contributed by atoms with E-state index in [1.165, 1.54) is 17.0 Å². The lowest BCUT2D eigenvalue weighted by Gasteiger charge is -2.18. The van der Waals surface area contributed by atoms with Gasteiger partial charge < -0.3 is 10.0 Å². The highest BCUT2D eigenvalue weighted by atomic mass is 19.3. The molecule has 86 valence electrons. The molecule has 0 bridgehead atoms. The molecule has 1 saturated heterocycles.